The minimum atomic E-state index is -0.179. The van der Waals surface area contributed by atoms with E-state index in [1.807, 2.05) is 66.7 Å². The first kappa shape index (κ1) is 10.8. The predicted octanol–water partition coefficient (Wildman–Crippen LogP) is 3.44. The summed E-state index contributed by atoms with van der Waals surface area (Å²) in [6.45, 7) is 0. The molecule has 0 bridgehead atoms. The highest BCUT2D eigenvalue weighted by Crippen LogP contribution is 2.30. The summed E-state index contributed by atoms with van der Waals surface area (Å²) in [4.78, 5) is 12.2. The number of fused-ring (bicyclic) bond motifs is 1. The number of hydrogen-bond acceptors (Lipinski definition) is 1. The molecule has 0 radical (unpaired) electrons. The Hall–Kier alpha value is -2.35. The second-order valence-corrected chi connectivity index (χ2v) is 4.32. The molecule has 0 fully saturated rings. The lowest BCUT2D eigenvalue weighted by molar-refractivity contribution is -0.116. The fraction of sp³-hybridized carbons (Fsp3) is 0.0625. The molecule has 2 aromatic rings. The summed E-state index contributed by atoms with van der Waals surface area (Å²) < 4.78 is 0. The van der Waals surface area contributed by atoms with Crippen LogP contribution in [0.2, 0.25) is 0 Å². The average molecular weight is 235 g/mol. The molecular weight excluding hydrogens is 222 g/mol. The van der Waals surface area contributed by atoms with Gasteiger partial charge < -0.3 is 5.32 Å². The maximum Gasteiger partial charge on any atom is 0.235 e. The lowest BCUT2D eigenvalue weighted by Gasteiger charge is -2.11. The Morgan fingerprint density at radius 3 is 2.50 bits per heavy atom. The van der Waals surface area contributed by atoms with Crippen molar-refractivity contribution < 1.29 is 4.79 Å². The zero-order chi connectivity index (χ0) is 12.4. The third-order valence-corrected chi connectivity index (χ3v) is 3.12. The molecule has 1 amide bonds. The molecule has 2 nitrogen and oxygen atoms in total. The molecule has 1 atom stereocenters. The third kappa shape index (κ3) is 1.93. The van der Waals surface area contributed by atoms with Crippen molar-refractivity contribution in [2.75, 3.05) is 5.32 Å². The van der Waals surface area contributed by atoms with Crippen molar-refractivity contribution in [2.45, 2.75) is 5.92 Å². The van der Waals surface area contributed by atoms with E-state index in [1.54, 1.807) is 0 Å². The second-order valence-electron chi connectivity index (χ2n) is 4.32. The highest BCUT2D eigenvalue weighted by Gasteiger charge is 2.23. The van der Waals surface area contributed by atoms with Crippen molar-refractivity contribution in [1.82, 2.24) is 0 Å². The number of hydrogen-bond donors (Lipinski definition) is 1. The van der Waals surface area contributed by atoms with Crippen LogP contribution in [0.15, 0.2) is 60.7 Å². The van der Waals surface area contributed by atoms with Crippen LogP contribution < -0.4 is 5.32 Å². The van der Waals surface area contributed by atoms with Crippen LogP contribution in [0.3, 0.4) is 0 Å². The van der Waals surface area contributed by atoms with Crippen LogP contribution in [0, 0.1) is 0 Å². The molecule has 1 unspecified atom stereocenters. The van der Waals surface area contributed by atoms with Crippen molar-refractivity contribution in [1.29, 1.82) is 0 Å². The van der Waals surface area contributed by atoms with Crippen LogP contribution in [0.25, 0.3) is 6.08 Å². The third-order valence-electron chi connectivity index (χ3n) is 3.12. The number of nitrogens with one attached hydrogen (secondary N) is 1. The van der Waals surface area contributed by atoms with Crippen LogP contribution in [-0.4, -0.2) is 5.91 Å². The molecule has 0 heterocycles. The van der Waals surface area contributed by atoms with Gasteiger partial charge in [0.05, 0.1) is 5.92 Å². The summed E-state index contributed by atoms with van der Waals surface area (Å²) in [5.41, 5.74) is 3.04. The van der Waals surface area contributed by atoms with Gasteiger partial charge in [0.25, 0.3) is 0 Å². The number of anilines is 1. The molecule has 2 aromatic carbocycles. The Morgan fingerprint density at radius 1 is 0.944 bits per heavy atom. The average Bonchev–Trinajstić information content (AvgIpc) is 2.84. The highest BCUT2D eigenvalue weighted by molar-refractivity contribution is 5.99. The quantitative estimate of drug-likeness (QED) is 0.848. The van der Waals surface area contributed by atoms with E-state index in [1.165, 1.54) is 0 Å². The van der Waals surface area contributed by atoms with E-state index in [4.69, 9.17) is 0 Å². The van der Waals surface area contributed by atoms with Crippen molar-refractivity contribution in [3.63, 3.8) is 0 Å². The lowest BCUT2D eigenvalue weighted by Crippen LogP contribution is -2.18. The van der Waals surface area contributed by atoms with Crippen LogP contribution in [-0.2, 0) is 4.79 Å². The Balaban J connectivity index is 1.81. The van der Waals surface area contributed by atoms with Crippen LogP contribution in [0.5, 0.6) is 0 Å². The van der Waals surface area contributed by atoms with E-state index in [0.29, 0.717) is 0 Å². The van der Waals surface area contributed by atoms with Gasteiger partial charge in [0.1, 0.15) is 0 Å². The van der Waals surface area contributed by atoms with Crippen molar-refractivity contribution in [2.24, 2.45) is 0 Å². The Labute approximate surface area is 106 Å². The Kier molecular flexibility index (Phi) is 2.69. The minimum absolute atomic E-state index is 0.0161. The van der Waals surface area contributed by atoms with E-state index in [9.17, 15) is 4.79 Å². The van der Waals surface area contributed by atoms with Crippen molar-refractivity contribution in [3.05, 3.63) is 71.8 Å². The van der Waals surface area contributed by atoms with Gasteiger partial charge in [-0.1, -0.05) is 54.6 Å². The SMILES string of the molecule is O=C(Nc1ccccc1)C1C=Cc2ccccc21. The van der Waals surface area contributed by atoms with E-state index in [0.717, 1.165) is 16.8 Å². The summed E-state index contributed by atoms with van der Waals surface area (Å²) in [5.74, 6) is -0.163. The smallest absolute Gasteiger partial charge is 0.235 e. The van der Waals surface area contributed by atoms with Crippen molar-refractivity contribution >= 4 is 17.7 Å². The fourth-order valence-electron chi connectivity index (χ4n) is 2.22. The van der Waals surface area contributed by atoms with Crippen molar-refractivity contribution in [3.8, 4) is 0 Å². The topological polar surface area (TPSA) is 29.1 Å². The molecule has 0 saturated heterocycles. The van der Waals surface area contributed by atoms with Gasteiger partial charge in [0, 0.05) is 5.69 Å². The van der Waals surface area contributed by atoms with Crippen LogP contribution >= 0.6 is 0 Å². The van der Waals surface area contributed by atoms with Crippen LogP contribution in [0.4, 0.5) is 5.69 Å². The van der Waals surface area contributed by atoms with E-state index < -0.39 is 0 Å². The first-order valence-corrected chi connectivity index (χ1v) is 5.97. The van der Waals surface area contributed by atoms with E-state index >= 15 is 0 Å². The number of amides is 1. The Morgan fingerprint density at radius 2 is 1.67 bits per heavy atom. The summed E-state index contributed by atoms with van der Waals surface area (Å²) in [7, 11) is 0. The molecule has 0 saturated carbocycles. The molecule has 3 rings (SSSR count). The first-order valence-electron chi connectivity index (χ1n) is 5.97. The zero-order valence-corrected chi connectivity index (χ0v) is 9.84. The molecule has 0 aromatic heterocycles. The number of benzene rings is 2. The zero-order valence-electron chi connectivity index (χ0n) is 9.84. The summed E-state index contributed by atoms with van der Waals surface area (Å²) in [5, 5.41) is 2.93. The van der Waals surface area contributed by atoms with Gasteiger partial charge in [0.2, 0.25) is 5.91 Å². The number of carbonyl (C=O) groups is 1. The minimum Gasteiger partial charge on any atom is -0.325 e. The largest absolute Gasteiger partial charge is 0.325 e. The van der Waals surface area contributed by atoms with Gasteiger partial charge in [-0.05, 0) is 23.3 Å². The second kappa shape index (κ2) is 4.49. The molecule has 1 aliphatic rings. The fourth-order valence-corrected chi connectivity index (χ4v) is 2.22. The normalized spacial score (nSPS) is 16.3. The summed E-state index contributed by atoms with van der Waals surface area (Å²) in [6, 6.07) is 17.5. The number of rotatable bonds is 2. The summed E-state index contributed by atoms with van der Waals surface area (Å²) in [6.07, 6.45) is 3.95. The van der Waals surface area contributed by atoms with Crippen LogP contribution in [0.1, 0.15) is 17.0 Å². The van der Waals surface area contributed by atoms with Gasteiger partial charge in [-0.25, -0.2) is 0 Å². The monoisotopic (exact) mass is 235 g/mol. The highest BCUT2D eigenvalue weighted by atomic mass is 16.1. The van der Waals surface area contributed by atoms with E-state index in [2.05, 4.69) is 5.32 Å². The first-order chi connectivity index (χ1) is 8.84. The summed E-state index contributed by atoms with van der Waals surface area (Å²) >= 11 is 0. The number of carbonyl (C=O) groups excluding carboxylic acids is 1. The molecular formula is C16H13NO. The van der Waals surface area contributed by atoms with Gasteiger partial charge in [0.15, 0.2) is 0 Å². The molecule has 18 heavy (non-hydrogen) atoms. The number of para-hydroxylation sites is 1. The van der Waals surface area contributed by atoms with Gasteiger partial charge >= 0.3 is 0 Å². The standard InChI is InChI=1S/C16H13NO/c18-16(17-13-7-2-1-3-8-13)15-11-10-12-6-4-5-9-14(12)15/h1-11,15H,(H,17,18). The van der Waals surface area contributed by atoms with Gasteiger partial charge in [-0.2, -0.15) is 0 Å². The molecule has 1 aliphatic carbocycles. The Bertz CT molecular complexity index is 602. The maximum absolute atomic E-state index is 12.2. The lowest BCUT2D eigenvalue weighted by atomic mass is 10.00. The molecule has 1 N–H and O–H groups in total. The van der Waals surface area contributed by atoms with E-state index in [-0.39, 0.29) is 11.8 Å². The van der Waals surface area contributed by atoms with Gasteiger partial charge in [-0.3, -0.25) is 4.79 Å². The van der Waals surface area contributed by atoms with Gasteiger partial charge in [-0.15, -0.1) is 0 Å². The predicted molar refractivity (Wildman–Crippen MR) is 73.3 cm³/mol. The molecule has 2 heteroatoms. The molecule has 0 aliphatic heterocycles. The molecule has 88 valence electrons. The maximum atomic E-state index is 12.2. The molecule has 0 spiro atoms.